The van der Waals surface area contributed by atoms with E-state index in [0.717, 1.165) is 28.0 Å². The molecule has 1 aromatic heterocycles. The fraction of sp³-hybridized carbons (Fsp3) is 0.133. The first-order valence-corrected chi connectivity index (χ1v) is 6.08. The Bertz CT molecular complexity index is 746. The van der Waals surface area contributed by atoms with Gasteiger partial charge in [-0.05, 0) is 36.8 Å². The summed E-state index contributed by atoms with van der Waals surface area (Å²) in [5, 5.41) is 0. The molecule has 0 amide bonds. The predicted molar refractivity (Wildman–Crippen MR) is 76.8 cm³/mol. The highest BCUT2D eigenvalue weighted by Gasteiger charge is 2.13. The summed E-state index contributed by atoms with van der Waals surface area (Å²) < 4.78 is 7.30. The minimum absolute atomic E-state index is 0.463. The van der Waals surface area contributed by atoms with E-state index in [9.17, 15) is 0 Å². The molecule has 4 heteroatoms. The number of fused-ring (bicyclic) bond motifs is 1. The van der Waals surface area contributed by atoms with Crippen LogP contribution in [0.1, 0.15) is 5.56 Å². The van der Waals surface area contributed by atoms with Gasteiger partial charge in [0.25, 0.3) is 0 Å². The Balaban J connectivity index is 2.33. The molecule has 4 nitrogen and oxygen atoms in total. The summed E-state index contributed by atoms with van der Waals surface area (Å²) in [7, 11) is 1.65. The van der Waals surface area contributed by atoms with Gasteiger partial charge in [0.1, 0.15) is 5.75 Å². The van der Waals surface area contributed by atoms with E-state index in [4.69, 9.17) is 10.5 Å². The number of aromatic nitrogens is 2. The molecule has 0 aliphatic heterocycles. The van der Waals surface area contributed by atoms with Gasteiger partial charge < -0.3 is 10.5 Å². The average Bonchev–Trinajstić information content (AvgIpc) is 2.73. The molecule has 0 saturated heterocycles. The molecule has 0 bridgehead atoms. The molecular weight excluding hydrogens is 238 g/mol. The van der Waals surface area contributed by atoms with Crippen LogP contribution < -0.4 is 10.5 Å². The number of nitrogen functional groups attached to an aromatic ring is 1. The molecule has 2 N–H and O–H groups in total. The third kappa shape index (κ3) is 1.81. The third-order valence-corrected chi connectivity index (χ3v) is 3.16. The Morgan fingerprint density at radius 2 is 1.95 bits per heavy atom. The highest BCUT2D eigenvalue weighted by molar-refractivity contribution is 5.82. The number of anilines is 1. The molecular formula is C15H15N3O. The minimum Gasteiger partial charge on any atom is -0.495 e. The number of para-hydroxylation sites is 2. The van der Waals surface area contributed by atoms with Gasteiger partial charge in [-0.1, -0.05) is 18.2 Å². The van der Waals surface area contributed by atoms with Gasteiger partial charge in [-0.3, -0.25) is 4.57 Å². The molecule has 0 fully saturated rings. The molecule has 1 heterocycles. The van der Waals surface area contributed by atoms with Crippen LogP contribution in [0.2, 0.25) is 0 Å². The van der Waals surface area contributed by atoms with Crippen LogP contribution in [0.15, 0.2) is 42.5 Å². The second kappa shape index (κ2) is 4.31. The average molecular weight is 253 g/mol. The van der Waals surface area contributed by atoms with Crippen molar-refractivity contribution in [3.63, 3.8) is 0 Å². The molecule has 3 aromatic rings. The van der Waals surface area contributed by atoms with Crippen LogP contribution in [0.25, 0.3) is 16.7 Å². The number of rotatable bonds is 2. The quantitative estimate of drug-likeness (QED) is 0.764. The largest absolute Gasteiger partial charge is 0.495 e. The van der Waals surface area contributed by atoms with Crippen molar-refractivity contribution in [2.45, 2.75) is 6.92 Å². The molecule has 0 saturated carbocycles. The molecule has 0 spiro atoms. The van der Waals surface area contributed by atoms with Crippen molar-refractivity contribution >= 4 is 17.0 Å². The number of benzene rings is 2. The van der Waals surface area contributed by atoms with E-state index < -0.39 is 0 Å². The van der Waals surface area contributed by atoms with Crippen LogP contribution in [0.4, 0.5) is 5.95 Å². The van der Waals surface area contributed by atoms with E-state index in [-0.39, 0.29) is 0 Å². The monoisotopic (exact) mass is 253 g/mol. The smallest absolute Gasteiger partial charge is 0.206 e. The van der Waals surface area contributed by atoms with Crippen LogP contribution in [-0.4, -0.2) is 16.7 Å². The van der Waals surface area contributed by atoms with Crippen molar-refractivity contribution in [3.8, 4) is 11.4 Å². The zero-order chi connectivity index (χ0) is 13.4. The summed E-state index contributed by atoms with van der Waals surface area (Å²) in [5.74, 6) is 1.24. The molecule has 19 heavy (non-hydrogen) atoms. The van der Waals surface area contributed by atoms with Gasteiger partial charge in [0.2, 0.25) is 5.95 Å². The van der Waals surface area contributed by atoms with E-state index in [1.807, 2.05) is 47.9 Å². The minimum atomic E-state index is 0.463. The topological polar surface area (TPSA) is 53.1 Å². The van der Waals surface area contributed by atoms with Crippen LogP contribution in [-0.2, 0) is 0 Å². The third-order valence-electron chi connectivity index (χ3n) is 3.16. The second-order valence-electron chi connectivity index (χ2n) is 4.47. The lowest BCUT2D eigenvalue weighted by molar-refractivity contribution is 0.413. The molecule has 0 atom stereocenters. The number of nitrogens with zero attached hydrogens (tertiary/aromatic N) is 2. The summed E-state index contributed by atoms with van der Waals surface area (Å²) in [6, 6.07) is 13.9. The van der Waals surface area contributed by atoms with Crippen molar-refractivity contribution in [2.75, 3.05) is 12.8 Å². The van der Waals surface area contributed by atoms with E-state index in [1.165, 1.54) is 0 Å². The number of hydrogen-bond acceptors (Lipinski definition) is 3. The summed E-state index contributed by atoms with van der Waals surface area (Å²) in [5.41, 5.74) is 9.99. The molecule has 0 aliphatic carbocycles. The van der Waals surface area contributed by atoms with E-state index in [0.29, 0.717) is 5.95 Å². The Morgan fingerprint density at radius 1 is 1.16 bits per heavy atom. The van der Waals surface area contributed by atoms with Crippen molar-refractivity contribution < 1.29 is 4.74 Å². The van der Waals surface area contributed by atoms with Gasteiger partial charge in [-0.15, -0.1) is 0 Å². The highest BCUT2D eigenvalue weighted by atomic mass is 16.5. The summed E-state index contributed by atoms with van der Waals surface area (Å²) in [6.07, 6.45) is 0. The maximum Gasteiger partial charge on any atom is 0.206 e. The van der Waals surface area contributed by atoms with Crippen LogP contribution in [0.3, 0.4) is 0 Å². The van der Waals surface area contributed by atoms with Gasteiger partial charge in [-0.2, -0.15) is 0 Å². The zero-order valence-electron chi connectivity index (χ0n) is 10.9. The summed E-state index contributed by atoms with van der Waals surface area (Å²) in [6.45, 7) is 2.04. The molecule has 96 valence electrons. The van der Waals surface area contributed by atoms with Crippen molar-refractivity contribution in [2.24, 2.45) is 0 Å². The van der Waals surface area contributed by atoms with Crippen LogP contribution >= 0.6 is 0 Å². The second-order valence-corrected chi connectivity index (χ2v) is 4.47. The number of hydrogen-bond donors (Lipinski definition) is 1. The molecule has 0 radical (unpaired) electrons. The van der Waals surface area contributed by atoms with E-state index in [1.54, 1.807) is 7.11 Å². The summed E-state index contributed by atoms with van der Waals surface area (Å²) >= 11 is 0. The van der Waals surface area contributed by atoms with Crippen molar-refractivity contribution in [1.29, 1.82) is 0 Å². The Kier molecular flexibility index (Phi) is 2.63. The fourth-order valence-corrected chi connectivity index (χ4v) is 2.28. The molecule has 0 unspecified atom stereocenters. The number of nitrogens with two attached hydrogens (primary N) is 1. The number of aryl methyl sites for hydroxylation is 1. The Morgan fingerprint density at radius 3 is 2.74 bits per heavy atom. The maximum atomic E-state index is 6.06. The fourth-order valence-electron chi connectivity index (χ4n) is 2.28. The SMILES string of the molecule is COc1ccccc1-n1c(N)nc2cc(C)ccc21. The lowest BCUT2D eigenvalue weighted by Gasteiger charge is -2.11. The molecule has 3 rings (SSSR count). The van der Waals surface area contributed by atoms with Gasteiger partial charge in [0.05, 0.1) is 23.8 Å². The van der Waals surface area contributed by atoms with Crippen molar-refractivity contribution in [3.05, 3.63) is 48.0 Å². The zero-order valence-corrected chi connectivity index (χ0v) is 10.9. The Hall–Kier alpha value is -2.49. The first kappa shape index (κ1) is 11.6. The van der Waals surface area contributed by atoms with Crippen molar-refractivity contribution in [1.82, 2.24) is 9.55 Å². The van der Waals surface area contributed by atoms with E-state index in [2.05, 4.69) is 11.1 Å². The van der Waals surface area contributed by atoms with Crippen LogP contribution in [0.5, 0.6) is 5.75 Å². The highest BCUT2D eigenvalue weighted by Crippen LogP contribution is 2.29. The van der Waals surface area contributed by atoms with Gasteiger partial charge in [0, 0.05) is 0 Å². The number of imidazole rings is 1. The van der Waals surface area contributed by atoms with E-state index >= 15 is 0 Å². The summed E-state index contributed by atoms with van der Waals surface area (Å²) in [4.78, 5) is 4.41. The van der Waals surface area contributed by atoms with Gasteiger partial charge in [0.15, 0.2) is 0 Å². The molecule has 2 aromatic carbocycles. The standard InChI is InChI=1S/C15H15N3O/c1-10-7-8-12-11(9-10)17-15(16)18(12)13-5-3-4-6-14(13)19-2/h3-9H,1-2H3,(H2,16,17). The van der Waals surface area contributed by atoms with Gasteiger partial charge >= 0.3 is 0 Å². The number of methoxy groups -OCH3 is 1. The van der Waals surface area contributed by atoms with Gasteiger partial charge in [-0.25, -0.2) is 4.98 Å². The lowest BCUT2D eigenvalue weighted by atomic mass is 10.2. The maximum absolute atomic E-state index is 6.06. The number of ether oxygens (including phenoxy) is 1. The van der Waals surface area contributed by atoms with Crippen LogP contribution in [0, 0.1) is 6.92 Å². The lowest BCUT2D eigenvalue weighted by Crippen LogP contribution is -2.02. The first-order chi connectivity index (χ1) is 9.20. The predicted octanol–water partition coefficient (Wildman–Crippen LogP) is 2.92. The normalized spacial score (nSPS) is 10.8. The first-order valence-electron chi connectivity index (χ1n) is 6.08. The molecule has 0 aliphatic rings. The Labute approximate surface area is 111 Å².